The molecule has 0 saturated heterocycles. The molecule has 0 aliphatic carbocycles. The number of benzene rings is 1. The quantitative estimate of drug-likeness (QED) is 0.819. The van der Waals surface area contributed by atoms with Crippen molar-refractivity contribution in [2.75, 3.05) is 0 Å². The zero-order valence-electron chi connectivity index (χ0n) is 7.31. The van der Waals surface area contributed by atoms with Crippen molar-refractivity contribution < 1.29 is 0 Å². The number of H-pyrrole nitrogens is 1. The van der Waals surface area contributed by atoms with E-state index in [9.17, 15) is 0 Å². The third-order valence-corrected chi connectivity index (χ3v) is 2.00. The molecule has 0 fully saturated rings. The Morgan fingerprint density at radius 1 is 1.14 bits per heavy atom. The summed E-state index contributed by atoms with van der Waals surface area (Å²) in [5, 5.41) is 10.9. The number of halogens is 1. The number of hydrogen-bond acceptors (Lipinski definition) is 2. The SMILES string of the molecule is Clc1ccc(/C=C/c2cn[nH]n2)cc1. The maximum Gasteiger partial charge on any atom is 0.105 e. The van der Waals surface area contributed by atoms with Gasteiger partial charge in [0, 0.05) is 5.02 Å². The summed E-state index contributed by atoms with van der Waals surface area (Å²) < 4.78 is 0. The van der Waals surface area contributed by atoms with Crippen LogP contribution in [0.1, 0.15) is 11.3 Å². The Morgan fingerprint density at radius 2 is 1.93 bits per heavy atom. The van der Waals surface area contributed by atoms with Crippen molar-refractivity contribution >= 4 is 23.8 Å². The van der Waals surface area contributed by atoms with Gasteiger partial charge in [-0.15, -0.1) is 0 Å². The van der Waals surface area contributed by atoms with Gasteiger partial charge in [-0.1, -0.05) is 29.8 Å². The van der Waals surface area contributed by atoms with Gasteiger partial charge in [-0.05, 0) is 23.8 Å². The molecule has 70 valence electrons. The molecule has 0 aliphatic heterocycles. The van der Waals surface area contributed by atoms with Crippen molar-refractivity contribution in [1.82, 2.24) is 15.4 Å². The van der Waals surface area contributed by atoms with Crippen LogP contribution in [0.25, 0.3) is 12.2 Å². The molecule has 1 aromatic carbocycles. The fourth-order valence-electron chi connectivity index (χ4n) is 1.05. The Labute approximate surface area is 86.4 Å². The summed E-state index contributed by atoms with van der Waals surface area (Å²) in [5.74, 6) is 0. The predicted molar refractivity (Wildman–Crippen MR) is 56.8 cm³/mol. The number of aromatic nitrogens is 3. The highest BCUT2D eigenvalue weighted by Gasteiger charge is 1.90. The summed E-state index contributed by atoms with van der Waals surface area (Å²) in [5.41, 5.74) is 1.89. The van der Waals surface area contributed by atoms with Gasteiger partial charge in [0.15, 0.2) is 0 Å². The van der Waals surface area contributed by atoms with Crippen LogP contribution in [0, 0.1) is 0 Å². The van der Waals surface area contributed by atoms with Crippen LogP contribution in [-0.4, -0.2) is 15.4 Å². The first-order valence-electron chi connectivity index (χ1n) is 4.14. The Morgan fingerprint density at radius 3 is 2.57 bits per heavy atom. The third kappa shape index (κ3) is 2.20. The second-order valence-corrected chi connectivity index (χ2v) is 3.22. The molecule has 2 aromatic rings. The fourth-order valence-corrected chi connectivity index (χ4v) is 1.17. The Balaban J connectivity index is 2.15. The summed E-state index contributed by atoms with van der Waals surface area (Å²) in [6, 6.07) is 7.59. The zero-order chi connectivity index (χ0) is 9.80. The summed E-state index contributed by atoms with van der Waals surface area (Å²) in [6.07, 6.45) is 5.49. The molecule has 3 nitrogen and oxygen atoms in total. The first-order valence-corrected chi connectivity index (χ1v) is 4.52. The van der Waals surface area contributed by atoms with E-state index in [1.165, 1.54) is 0 Å². The van der Waals surface area contributed by atoms with Gasteiger partial charge in [0.25, 0.3) is 0 Å². The van der Waals surface area contributed by atoms with E-state index >= 15 is 0 Å². The van der Waals surface area contributed by atoms with E-state index in [4.69, 9.17) is 11.6 Å². The summed E-state index contributed by atoms with van der Waals surface area (Å²) >= 11 is 5.76. The Bertz CT molecular complexity index is 417. The van der Waals surface area contributed by atoms with Gasteiger partial charge in [0.2, 0.25) is 0 Å². The first-order chi connectivity index (χ1) is 6.84. The van der Waals surface area contributed by atoms with Crippen molar-refractivity contribution in [1.29, 1.82) is 0 Å². The summed E-state index contributed by atoms with van der Waals surface area (Å²) in [7, 11) is 0. The maximum absolute atomic E-state index is 5.76. The molecule has 0 saturated carbocycles. The molecule has 2 rings (SSSR count). The van der Waals surface area contributed by atoms with Crippen LogP contribution in [0.2, 0.25) is 5.02 Å². The smallest absolute Gasteiger partial charge is 0.105 e. The highest BCUT2D eigenvalue weighted by molar-refractivity contribution is 6.30. The van der Waals surface area contributed by atoms with Crippen molar-refractivity contribution in [3.8, 4) is 0 Å². The first kappa shape index (κ1) is 8.97. The van der Waals surface area contributed by atoms with Crippen LogP contribution >= 0.6 is 11.6 Å². The van der Waals surface area contributed by atoms with Gasteiger partial charge in [0.1, 0.15) is 5.69 Å². The molecular weight excluding hydrogens is 198 g/mol. The van der Waals surface area contributed by atoms with Crippen molar-refractivity contribution in [3.63, 3.8) is 0 Å². The number of nitrogens with zero attached hydrogens (tertiary/aromatic N) is 2. The Kier molecular flexibility index (Phi) is 2.60. The number of rotatable bonds is 2. The molecule has 1 heterocycles. The molecule has 0 aliphatic rings. The largest absolute Gasteiger partial charge is 0.197 e. The molecular formula is C10H8ClN3. The van der Waals surface area contributed by atoms with E-state index in [2.05, 4.69) is 15.4 Å². The van der Waals surface area contributed by atoms with Crippen LogP contribution in [0.3, 0.4) is 0 Å². The van der Waals surface area contributed by atoms with E-state index in [-0.39, 0.29) is 0 Å². The highest BCUT2D eigenvalue weighted by atomic mass is 35.5. The number of aromatic amines is 1. The molecule has 1 aromatic heterocycles. The highest BCUT2D eigenvalue weighted by Crippen LogP contribution is 2.11. The molecule has 0 amide bonds. The molecule has 4 heteroatoms. The van der Waals surface area contributed by atoms with Crippen molar-refractivity contribution in [3.05, 3.63) is 46.7 Å². The van der Waals surface area contributed by atoms with Crippen LogP contribution in [0.15, 0.2) is 30.5 Å². The Hall–Kier alpha value is -1.61. The topological polar surface area (TPSA) is 41.6 Å². The van der Waals surface area contributed by atoms with Crippen LogP contribution in [0.4, 0.5) is 0 Å². The minimum atomic E-state index is 0.739. The number of hydrogen-bond donors (Lipinski definition) is 1. The summed E-state index contributed by atoms with van der Waals surface area (Å²) in [4.78, 5) is 0. The van der Waals surface area contributed by atoms with E-state index in [0.717, 1.165) is 16.3 Å². The van der Waals surface area contributed by atoms with Crippen LogP contribution < -0.4 is 0 Å². The van der Waals surface area contributed by atoms with Crippen molar-refractivity contribution in [2.24, 2.45) is 0 Å². The lowest BCUT2D eigenvalue weighted by Gasteiger charge is -1.91. The van der Waals surface area contributed by atoms with Gasteiger partial charge in [-0.25, -0.2) is 0 Å². The molecule has 14 heavy (non-hydrogen) atoms. The van der Waals surface area contributed by atoms with E-state index in [0.29, 0.717) is 0 Å². The van der Waals surface area contributed by atoms with Gasteiger partial charge in [-0.2, -0.15) is 15.4 Å². The maximum atomic E-state index is 5.76. The second-order valence-electron chi connectivity index (χ2n) is 2.78. The zero-order valence-corrected chi connectivity index (χ0v) is 8.07. The molecule has 0 spiro atoms. The molecule has 0 unspecified atom stereocenters. The van der Waals surface area contributed by atoms with Gasteiger partial charge < -0.3 is 0 Å². The normalized spacial score (nSPS) is 10.9. The lowest BCUT2D eigenvalue weighted by atomic mass is 10.2. The number of nitrogens with one attached hydrogen (secondary N) is 1. The molecule has 0 atom stereocenters. The van der Waals surface area contributed by atoms with Crippen LogP contribution in [-0.2, 0) is 0 Å². The lowest BCUT2D eigenvalue weighted by Crippen LogP contribution is -1.72. The lowest BCUT2D eigenvalue weighted by molar-refractivity contribution is 0.937. The van der Waals surface area contributed by atoms with E-state index < -0.39 is 0 Å². The van der Waals surface area contributed by atoms with E-state index in [1.54, 1.807) is 6.20 Å². The van der Waals surface area contributed by atoms with E-state index in [1.807, 2.05) is 36.4 Å². The summed E-state index contributed by atoms with van der Waals surface area (Å²) in [6.45, 7) is 0. The molecule has 0 radical (unpaired) electrons. The second kappa shape index (κ2) is 4.07. The van der Waals surface area contributed by atoms with Crippen LogP contribution in [0.5, 0.6) is 0 Å². The average Bonchev–Trinajstić information content (AvgIpc) is 2.70. The molecule has 1 N–H and O–H groups in total. The third-order valence-electron chi connectivity index (χ3n) is 1.75. The average molecular weight is 206 g/mol. The van der Waals surface area contributed by atoms with Crippen molar-refractivity contribution in [2.45, 2.75) is 0 Å². The molecule has 0 bridgehead atoms. The fraction of sp³-hybridized carbons (Fsp3) is 0. The monoisotopic (exact) mass is 205 g/mol. The van der Waals surface area contributed by atoms with Gasteiger partial charge in [0.05, 0.1) is 6.20 Å². The predicted octanol–water partition coefficient (Wildman–Crippen LogP) is 2.63. The van der Waals surface area contributed by atoms with Gasteiger partial charge >= 0.3 is 0 Å². The standard InChI is InChI=1S/C10H8ClN3/c11-9-4-1-8(2-5-9)3-6-10-7-12-14-13-10/h1-7H,(H,12,13,14)/b6-3+. The minimum absolute atomic E-state index is 0.739. The van der Waals surface area contributed by atoms with Gasteiger partial charge in [-0.3, -0.25) is 0 Å². The minimum Gasteiger partial charge on any atom is -0.197 e.